The highest BCUT2D eigenvalue weighted by Crippen LogP contribution is 2.46. The molecule has 2 aliphatic heterocycles. The van der Waals surface area contributed by atoms with Gasteiger partial charge in [-0.05, 0) is 67.8 Å². The molecule has 9 nitrogen and oxygen atoms in total. The highest BCUT2D eigenvalue weighted by atomic mass is 32.2. The number of aromatic nitrogens is 2. The lowest BCUT2D eigenvalue weighted by Crippen LogP contribution is -2.29. The number of Topliss-reactive ketones (excluding diaryl/α,β-unsaturated/α-hetero) is 1. The average Bonchev–Trinajstić information content (AvgIpc) is 3.72. The Bertz CT molecular complexity index is 1740. The first-order chi connectivity index (χ1) is 21.4. The Labute approximate surface area is 263 Å². The van der Waals surface area contributed by atoms with Gasteiger partial charge in [0.1, 0.15) is 17.6 Å². The van der Waals surface area contributed by atoms with E-state index in [0.717, 1.165) is 16.9 Å². The molecule has 1 aromatic heterocycles. The van der Waals surface area contributed by atoms with Crippen molar-refractivity contribution in [1.29, 1.82) is 0 Å². The fourth-order valence-electron chi connectivity index (χ4n) is 5.39. The van der Waals surface area contributed by atoms with Gasteiger partial charge in [-0.3, -0.25) is 14.5 Å². The maximum Gasteiger partial charge on any atom is 0.301 e. The summed E-state index contributed by atoms with van der Waals surface area (Å²) in [5.74, 6) is 0.558. The summed E-state index contributed by atoms with van der Waals surface area (Å²) in [4.78, 5) is 28.8. The predicted molar refractivity (Wildman–Crippen MR) is 170 cm³/mol. The second kappa shape index (κ2) is 12.7. The molecule has 0 bridgehead atoms. The number of fused-ring (bicyclic) bond motifs is 1. The van der Waals surface area contributed by atoms with Crippen LogP contribution in [0.25, 0.3) is 5.76 Å². The number of hydrogen-bond acceptors (Lipinski definition) is 10. The second-order valence-electron chi connectivity index (χ2n) is 10.3. The smallest absolute Gasteiger partial charge is 0.301 e. The summed E-state index contributed by atoms with van der Waals surface area (Å²) in [6.45, 7) is 6.54. The molecule has 1 N–H and O–H groups in total. The largest absolute Gasteiger partial charge is 0.507 e. The van der Waals surface area contributed by atoms with Crippen molar-refractivity contribution in [3.63, 3.8) is 0 Å². The van der Waals surface area contributed by atoms with Gasteiger partial charge in [0.15, 0.2) is 15.8 Å². The van der Waals surface area contributed by atoms with Crippen LogP contribution in [0.3, 0.4) is 0 Å². The van der Waals surface area contributed by atoms with Crippen molar-refractivity contribution in [1.82, 2.24) is 10.2 Å². The van der Waals surface area contributed by atoms with E-state index in [2.05, 4.69) is 10.2 Å². The van der Waals surface area contributed by atoms with Gasteiger partial charge < -0.3 is 19.3 Å². The molecule has 1 fully saturated rings. The SMILES string of the molecule is CCOc1ccc([C@@H]2C(=C(O)c3ccc4c(c3)C[C@H](C)O4)C(=O)C(=O)N2c2nnc(SCc3ccccc3)s2)cc1OCC. The number of rotatable bonds is 10. The number of carbonyl (C=O) groups excluding carboxylic acids is 2. The molecule has 0 aliphatic carbocycles. The van der Waals surface area contributed by atoms with Gasteiger partial charge in [0.2, 0.25) is 5.13 Å². The standard InChI is InChI=1S/C33H31N3O6S2/c1-4-40-25-14-11-21(17-26(25)41-5-2)28-27(29(37)22-12-13-24-23(16-22)15-19(3)42-24)30(38)31(39)36(28)32-34-35-33(44-32)43-18-20-9-7-6-8-10-20/h6-14,16-17,19,28,37H,4-5,15,18H2,1-3H3/t19-,28+/m0/s1. The summed E-state index contributed by atoms with van der Waals surface area (Å²) in [6.07, 6.45) is 0.694. The van der Waals surface area contributed by atoms with Gasteiger partial charge in [0, 0.05) is 17.7 Å². The van der Waals surface area contributed by atoms with Gasteiger partial charge in [0.25, 0.3) is 5.78 Å². The molecule has 0 saturated carbocycles. The molecular formula is C33H31N3O6S2. The van der Waals surface area contributed by atoms with Crippen LogP contribution in [0.5, 0.6) is 17.2 Å². The Kier molecular flexibility index (Phi) is 8.58. The quantitative estimate of drug-likeness (QED) is 0.0684. The Morgan fingerprint density at radius 1 is 1.02 bits per heavy atom. The highest BCUT2D eigenvalue weighted by molar-refractivity contribution is 8.00. The molecular weight excluding hydrogens is 599 g/mol. The average molecular weight is 630 g/mol. The summed E-state index contributed by atoms with van der Waals surface area (Å²) < 4.78 is 18.1. The molecule has 2 atom stereocenters. The van der Waals surface area contributed by atoms with E-state index in [-0.39, 0.29) is 22.6 Å². The summed E-state index contributed by atoms with van der Waals surface area (Å²) in [5.41, 5.74) is 3.00. The summed E-state index contributed by atoms with van der Waals surface area (Å²) in [7, 11) is 0. The number of anilines is 1. The zero-order chi connectivity index (χ0) is 30.8. The molecule has 2 aliphatic rings. The number of nitrogens with zero attached hydrogens (tertiary/aromatic N) is 3. The summed E-state index contributed by atoms with van der Waals surface area (Å²) in [6, 6.07) is 19.5. The topological polar surface area (TPSA) is 111 Å². The van der Waals surface area contributed by atoms with Crippen molar-refractivity contribution in [3.8, 4) is 17.2 Å². The molecule has 4 aromatic rings. The Morgan fingerprint density at radius 2 is 1.80 bits per heavy atom. The van der Waals surface area contributed by atoms with Crippen LogP contribution < -0.4 is 19.1 Å². The Hall–Kier alpha value is -4.35. The molecule has 226 valence electrons. The number of hydrogen-bond donors (Lipinski definition) is 1. The van der Waals surface area contributed by atoms with E-state index in [9.17, 15) is 14.7 Å². The molecule has 3 aromatic carbocycles. The van der Waals surface area contributed by atoms with Gasteiger partial charge >= 0.3 is 5.91 Å². The number of thioether (sulfide) groups is 1. The molecule has 1 amide bonds. The second-order valence-corrected chi connectivity index (χ2v) is 12.5. The van der Waals surface area contributed by atoms with Crippen LogP contribution in [-0.4, -0.2) is 46.3 Å². The third kappa shape index (κ3) is 5.77. The number of ether oxygens (including phenoxy) is 3. The van der Waals surface area contributed by atoms with E-state index in [4.69, 9.17) is 14.2 Å². The van der Waals surface area contributed by atoms with Crippen molar-refractivity contribution in [2.45, 2.75) is 49.4 Å². The van der Waals surface area contributed by atoms with E-state index in [1.807, 2.05) is 57.2 Å². The third-order valence-corrected chi connectivity index (χ3v) is 9.43. The minimum absolute atomic E-state index is 0.0141. The fourth-order valence-corrected chi connectivity index (χ4v) is 7.21. The maximum absolute atomic E-state index is 13.7. The van der Waals surface area contributed by atoms with Crippen LogP contribution in [0.1, 0.15) is 49.1 Å². The van der Waals surface area contributed by atoms with Crippen LogP contribution in [0.4, 0.5) is 5.13 Å². The maximum atomic E-state index is 13.7. The van der Waals surface area contributed by atoms with E-state index in [1.54, 1.807) is 30.3 Å². The molecule has 0 unspecified atom stereocenters. The van der Waals surface area contributed by atoms with Gasteiger partial charge in [-0.2, -0.15) is 0 Å². The molecule has 0 radical (unpaired) electrons. The zero-order valence-corrected chi connectivity index (χ0v) is 26.1. The molecule has 11 heteroatoms. The minimum atomic E-state index is -0.978. The van der Waals surface area contributed by atoms with Crippen molar-refractivity contribution < 1.29 is 28.9 Å². The first-order valence-electron chi connectivity index (χ1n) is 14.4. The van der Waals surface area contributed by atoms with Crippen LogP contribution in [-0.2, 0) is 21.8 Å². The molecule has 44 heavy (non-hydrogen) atoms. The van der Waals surface area contributed by atoms with Gasteiger partial charge in [0.05, 0.1) is 24.8 Å². The lowest BCUT2D eigenvalue weighted by Gasteiger charge is -2.23. The van der Waals surface area contributed by atoms with Crippen LogP contribution in [0, 0.1) is 0 Å². The normalized spacial score (nSPS) is 18.8. The summed E-state index contributed by atoms with van der Waals surface area (Å²) >= 11 is 2.72. The molecule has 1 saturated heterocycles. The molecule has 6 rings (SSSR count). The Balaban J connectivity index is 1.43. The molecule has 0 spiro atoms. The van der Waals surface area contributed by atoms with Crippen LogP contribution in [0.15, 0.2) is 76.6 Å². The van der Waals surface area contributed by atoms with Gasteiger partial charge in [-0.15, -0.1) is 10.2 Å². The summed E-state index contributed by atoms with van der Waals surface area (Å²) in [5, 5.41) is 20.6. The van der Waals surface area contributed by atoms with Crippen LogP contribution >= 0.6 is 23.1 Å². The monoisotopic (exact) mass is 629 g/mol. The molecule has 3 heterocycles. The lowest BCUT2D eigenvalue weighted by atomic mass is 9.94. The van der Waals surface area contributed by atoms with Gasteiger partial charge in [-0.1, -0.05) is 59.5 Å². The number of benzene rings is 3. The van der Waals surface area contributed by atoms with E-state index in [1.165, 1.54) is 28.0 Å². The fraction of sp³-hybridized carbons (Fsp3) is 0.273. The Morgan fingerprint density at radius 3 is 2.57 bits per heavy atom. The number of amides is 1. The number of ketones is 1. The highest BCUT2D eigenvalue weighted by Gasteiger charge is 2.48. The number of aliphatic hydroxyl groups is 1. The van der Waals surface area contributed by atoms with E-state index < -0.39 is 17.7 Å². The zero-order valence-electron chi connectivity index (χ0n) is 24.5. The van der Waals surface area contributed by atoms with Crippen molar-refractivity contribution in [3.05, 3.63) is 94.6 Å². The van der Waals surface area contributed by atoms with E-state index in [0.29, 0.717) is 52.4 Å². The first kappa shape index (κ1) is 29.7. The predicted octanol–water partition coefficient (Wildman–Crippen LogP) is 6.58. The van der Waals surface area contributed by atoms with Crippen molar-refractivity contribution in [2.24, 2.45) is 0 Å². The number of aliphatic hydroxyl groups excluding tert-OH is 1. The van der Waals surface area contributed by atoms with E-state index >= 15 is 0 Å². The first-order valence-corrected chi connectivity index (χ1v) is 16.2. The number of carbonyl (C=O) groups is 2. The third-order valence-electron chi connectivity index (χ3n) is 7.30. The van der Waals surface area contributed by atoms with Crippen LogP contribution in [0.2, 0.25) is 0 Å². The van der Waals surface area contributed by atoms with Gasteiger partial charge in [-0.25, -0.2) is 0 Å². The lowest BCUT2D eigenvalue weighted by molar-refractivity contribution is -0.132. The van der Waals surface area contributed by atoms with Crippen molar-refractivity contribution in [2.75, 3.05) is 18.1 Å². The minimum Gasteiger partial charge on any atom is -0.507 e. The van der Waals surface area contributed by atoms with Crippen molar-refractivity contribution >= 4 is 45.7 Å².